The van der Waals surface area contributed by atoms with E-state index >= 15 is 0 Å². The van der Waals surface area contributed by atoms with E-state index in [1.165, 1.54) is 18.2 Å². The first-order chi connectivity index (χ1) is 13.0. The monoisotopic (exact) mass is 422 g/mol. The van der Waals surface area contributed by atoms with Gasteiger partial charge in [0.15, 0.2) is 11.5 Å². The molecule has 1 heterocycles. The Balaban J connectivity index is 2.10. The van der Waals surface area contributed by atoms with E-state index in [-0.39, 0.29) is 5.75 Å². The predicted molar refractivity (Wildman–Crippen MR) is 89.1 cm³/mol. The highest BCUT2D eigenvalue weighted by atomic mass is 32.3. The number of aromatic hydroxyl groups is 2. The number of phenols is 2. The Morgan fingerprint density at radius 2 is 1.86 bits per heavy atom. The minimum atomic E-state index is -5.08. The van der Waals surface area contributed by atoms with Crippen LogP contribution in [-0.2, 0) is 28.9 Å². The number of aliphatic hydroxyl groups excluding tert-OH is 3. The van der Waals surface area contributed by atoms with E-state index in [1.807, 2.05) is 0 Å². The van der Waals surface area contributed by atoms with Crippen LogP contribution in [0.2, 0.25) is 0 Å². The first kappa shape index (κ1) is 22.0. The van der Waals surface area contributed by atoms with E-state index < -0.39 is 59.4 Å². The van der Waals surface area contributed by atoms with E-state index in [4.69, 9.17) is 14.0 Å². The van der Waals surface area contributed by atoms with E-state index in [2.05, 4.69) is 4.18 Å². The number of hydrogen-bond acceptors (Lipinski definition) is 11. The molecule has 5 atom stereocenters. The third-order valence-corrected chi connectivity index (χ3v) is 4.16. The molecule has 1 saturated heterocycles. The van der Waals surface area contributed by atoms with Crippen LogP contribution in [0, 0.1) is 0 Å². The second kappa shape index (κ2) is 8.83. The summed E-state index contributed by atoms with van der Waals surface area (Å²) in [6.07, 6.45) is -7.09. The zero-order valence-electron chi connectivity index (χ0n) is 14.0. The standard InChI is InChI=1S/C15H18O12S/c16-6-10-12(20)14(27-28(22,23)24)13(21)15(25-10)26-11(19)4-2-7-1-3-8(17)9(18)5-7/h1-5,10,12-18,20-21H,6H2,(H,22,23,24)/t10-,12-,13-,14+,15+/m1/s1. The summed E-state index contributed by atoms with van der Waals surface area (Å²) in [6.45, 7) is -0.837. The summed E-state index contributed by atoms with van der Waals surface area (Å²) >= 11 is 0. The molecule has 2 rings (SSSR count). The van der Waals surface area contributed by atoms with Gasteiger partial charge in [-0.3, -0.25) is 4.55 Å². The van der Waals surface area contributed by atoms with Gasteiger partial charge in [-0.05, 0) is 23.8 Å². The van der Waals surface area contributed by atoms with Crippen LogP contribution in [0.1, 0.15) is 5.56 Å². The highest BCUT2D eigenvalue weighted by molar-refractivity contribution is 7.80. The molecule has 1 aliphatic heterocycles. The van der Waals surface area contributed by atoms with Crippen LogP contribution in [-0.4, -0.2) is 81.8 Å². The van der Waals surface area contributed by atoms with Gasteiger partial charge < -0.3 is 35.0 Å². The Morgan fingerprint density at radius 1 is 1.18 bits per heavy atom. The Labute approximate surface area is 158 Å². The maximum atomic E-state index is 11.9. The lowest BCUT2D eigenvalue weighted by atomic mass is 9.99. The summed E-state index contributed by atoms with van der Waals surface area (Å²) in [5.41, 5.74) is 0.314. The highest BCUT2D eigenvalue weighted by Gasteiger charge is 2.48. The van der Waals surface area contributed by atoms with Gasteiger partial charge in [-0.25, -0.2) is 8.98 Å². The molecule has 28 heavy (non-hydrogen) atoms. The molecule has 0 aromatic heterocycles. The second-order valence-corrected chi connectivity index (χ2v) is 6.76. The molecular formula is C15H18O12S. The largest absolute Gasteiger partial charge is 0.504 e. The maximum Gasteiger partial charge on any atom is 0.397 e. The first-order valence-electron chi connectivity index (χ1n) is 7.70. The summed E-state index contributed by atoms with van der Waals surface area (Å²) in [7, 11) is -5.08. The molecule has 0 spiro atoms. The summed E-state index contributed by atoms with van der Waals surface area (Å²) in [5, 5.41) is 47.7. The van der Waals surface area contributed by atoms with Crippen LogP contribution in [0.3, 0.4) is 0 Å². The van der Waals surface area contributed by atoms with Crippen molar-refractivity contribution in [2.45, 2.75) is 30.7 Å². The number of carbonyl (C=O) groups excluding carboxylic acids is 1. The molecule has 1 fully saturated rings. The third-order valence-electron chi connectivity index (χ3n) is 3.70. The Kier molecular flexibility index (Phi) is 6.95. The molecule has 6 N–H and O–H groups in total. The van der Waals surface area contributed by atoms with Gasteiger partial charge in [-0.1, -0.05) is 6.07 Å². The number of phenolic OH excluding ortho intramolecular Hbond substituents is 2. The van der Waals surface area contributed by atoms with Crippen LogP contribution in [0.5, 0.6) is 11.5 Å². The topological polar surface area (TPSA) is 200 Å². The molecule has 0 amide bonds. The SMILES string of the molecule is O=C(C=Cc1ccc(O)c(O)c1)O[C@@H]1O[C@H](CO)[C@@H](O)[C@H](OS(=O)(=O)O)[C@H]1O. The number of benzene rings is 1. The molecule has 1 aromatic rings. The fraction of sp³-hybridized carbons (Fsp3) is 0.400. The molecule has 1 aromatic carbocycles. The van der Waals surface area contributed by atoms with Crippen LogP contribution >= 0.6 is 0 Å². The van der Waals surface area contributed by atoms with Crippen molar-refractivity contribution in [3.05, 3.63) is 29.8 Å². The first-order valence-corrected chi connectivity index (χ1v) is 9.07. The van der Waals surface area contributed by atoms with Crippen molar-refractivity contribution < 1.29 is 57.0 Å². The summed E-state index contributed by atoms with van der Waals surface area (Å²) in [5.74, 6) is -1.86. The van der Waals surface area contributed by atoms with Gasteiger partial charge in [0.1, 0.15) is 24.4 Å². The van der Waals surface area contributed by atoms with Crippen molar-refractivity contribution in [1.82, 2.24) is 0 Å². The molecule has 12 nitrogen and oxygen atoms in total. The Morgan fingerprint density at radius 3 is 2.43 bits per heavy atom. The summed E-state index contributed by atoms with van der Waals surface area (Å²) < 4.78 is 44.5. The van der Waals surface area contributed by atoms with Crippen LogP contribution in [0.4, 0.5) is 0 Å². The van der Waals surface area contributed by atoms with E-state index in [9.17, 15) is 38.7 Å². The predicted octanol–water partition coefficient (Wildman–Crippen LogP) is -1.72. The Hall–Kier alpha value is -2.26. The molecule has 0 saturated carbocycles. The number of carbonyl (C=O) groups is 1. The van der Waals surface area contributed by atoms with Crippen LogP contribution in [0.25, 0.3) is 6.08 Å². The molecule has 156 valence electrons. The molecule has 0 radical (unpaired) electrons. The molecular weight excluding hydrogens is 404 g/mol. The van der Waals surface area contributed by atoms with Gasteiger partial charge >= 0.3 is 16.4 Å². The minimum Gasteiger partial charge on any atom is -0.504 e. The zero-order chi connectivity index (χ0) is 21.1. The molecule has 0 unspecified atom stereocenters. The normalized spacial score (nSPS) is 28.4. The van der Waals surface area contributed by atoms with Crippen molar-refractivity contribution in [2.75, 3.05) is 6.61 Å². The lowest BCUT2D eigenvalue weighted by Gasteiger charge is -2.40. The molecule has 1 aliphatic rings. The van der Waals surface area contributed by atoms with Crippen molar-refractivity contribution in [1.29, 1.82) is 0 Å². The van der Waals surface area contributed by atoms with Crippen molar-refractivity contribution in [3.8, 4) is 11.5 Å². The van der Waals surface area contributed by atoms with Crippen LogP contribution < -0.4 is 0 Å². The van der Waals surface area contributed by atoms with Gasteiger partial charge in [0.25, 0.3) is 0 Å². The number of esters is 1. The van der Waals surface area contributed by atoms with Crippen molar-refractivity contribution in [3.63, 3.8) is 0 Å². The summed E-state index contributed by atoms with van der Waals surface area (Å²) in [4.78, 5) is 11.9. The molecule has 0 bridgehead atoms. The zero-order valence-corrected chi connectivity index (χ0v) is 14.8. The van der Waals surface area contributed by atoms with E-state index in [0.717, 1.165) is 12.1 Å². The van der Waals surface area contributed by atoms with Crippen LogP contribution in [0.15, 0.2) is 24.3 Å². The fourth-order valence-electron chi connectivity index (χ4n) is 2.37. The van der Waals surface area contributed by atoms with E-state index in [0.29, 0.717) is 5.56 Å². The lowest BCUT2D eigenvalue weighted by Crippen LogP contribution is -2.60. The van der Waals surface area contributed by atoms with Gasteiger partial charge in [0.2, 0.25) is 6.29 Å². The van der Waals surface area contributed by atoms with Crippen molar-refractivity contribution in [2.24, 2.45) is 0 Å². The number of ether oxygens (including phenoxy) is 2. The van der Waals surface area contributed by atoms with E-state index in [1.54, 1.807) is 0 Å². The van der Waals surface area contributed by atoms with Crippen molar-refractivity contribution >= 4 is 22.4 Å². The smallest absolute Gasteiger partial charge is 0.397 e. The van der Waals surface area contributed by atoms with Gasteiger partial charge in [0, 0.05) is 6.08 Å². The number of aliphatic hydroxyl groups is 3. The lowest BCUT2D eigenvalue weighted by molar-refractivity contribution is -0.287. The number of rotatable bonds is 6. The van der Waals surface area contributed by atoms with Gasteiger partial charge in [-0.2, -0.15) is 8.42 Å². The molecule has 13 heteroatoms. The summed E-state index contributed by atoms with van der Waals surface area (Å²) in [6, 6.07) is 3.71. The molecule has 0 aliphatic carbocycles. The quantitative estimate of drug-likeness (QED) is 0.131. The van der Waals surface area contributed by atoms with Gasteiger partial charge in [-0.15, -0.1) is 0 Å². The maximum absolute atomic E-state index is 11.9. The highest BCUT2D eigenvalue weighted by Crippen LogP contribution is 2.27. The second-order valence-electron chi connectivity index (χ2n) is 5.71. The third kappa shape index (κ3) is 5.62. The average Bonchev–Trinajstić information content (AvgIpc) is 2.61. The average molecular weight is 422 g/mol. The van der Waals surface area contributed by atoms with Gasteiger partial charge in [0.05, 0.1) is 6.61 Å². The Bertz CT molecular complexity index is 835. The fourth-order valence-corrected chi connectivity index (χ4v) is 2.88. The number of hydrogen-bond donors (Lipinski definition) is 6. The minimum absolute atomic E-state index is 0.314.